The molecule has 0 unspecified atom stereocenters. The van der Waals surface area contributed by atoms with Crippen LogP contribution in [0, 0.1) is 0 Å². The van der Waals surface area contributed by atoms with Crippen molar-refractivity contribution < 1.29 is 18.9 Å². The molecule has 0 amide bonds. The van der Waals surface area contributed by atoms with Crippen LogP contribution in [-0.4, -0.2) is 9.15 Å². The third-order valence-corrected chi connectivity index (χ3v) is 0. The quantitative estimate of drug-likeness (QED) is 0.284. The van der Waals surface area contributed by atoms with E-state index in [1.807, 2.05) is 6.92 Å². The van der Waals surface area contributed by atoms with E-state index in [1.165, 1.54) is 7.81 Å². The van der Waals surface area contributed by atoms with Gasteiger partial charge in [-0.05, 0) is 0 Å². The van der Waals surface area contributed by atoms with E-state index >= 15 is 0 Å². The molecule has 0 N–H and O–H groups in total. The maximum Gasteiger partial charge on any atom is 1.00 e. The first-order valence-corrected chi connectivity index (χ1v) is 1.12. The van der Waals surface area contributed by atoms with E-state index in [0.29, 0.717) is 0 Å². The van der Waals surface area contributed by atoms with E-state index in [1.54, 1.807) is 0 Å². The van der Waals surface area contributed by atoms with E-state index in [-0.39, 0.29) is 18.9 Å². The topological polar surface area (TPSA) is 0 Å². The third-order valence-electron chi connectivity index (χ3n) is 0. The molecule has 4 heavy (non-hydrogen) atoms. The fourth-order valence-electron chi connectivity index (χ4n) is 0. The van der Waals surface area contributed by atoms with Crippen molar-refractivity contribution >= 4 is 7.81 Å². The van der Waals surface area contributed by atoms with Crippen molar-refractivity contribution in [1.82, 2.24) is 0 Å². The summed E-state index contributed by atoms with van der Waals surface area (Å²) < 4.78 is 6.33. The Morgan fingerprint density at radius 1 is 2.25 bits per heavy atom. The molecule has 2 heteroatoms. The van der Waals surface area contributed by atoms with Crippen molar-refractivity contribution in [2.45, 2.75) is 13.2 Å². The molecule has 0 aromatic rings. The zero-order chi connectivity index (χ0) is 3.41. The molecule has 0 atom stereocenters. The van der Waals surface area contributed by atoms with Crippen LogP contribution in [0.15, 0.2) is 0 Å². The molecule has 0 rings (SSSR count). The molecule has 0 bridgehead atoms. The average molecular weight is 48.8 g/mol. The van der Waals surface area contributed by atoms with Crippen LogP contribution in [0.2, 0.25) is 6.32 Å². The average Bonchev–Trinajstić information content (AvgIpc) is 1.37. The Bertz CT molecular complexity index is 11.6. The van der Waals surface area contributed by atoms with Crippen molar-refractivity contribution in [3.05, 3.63) is 0 Å². The van der Waals surface area contributed by atoms with Crippen molar-refractivity contribution in [2.24, 2.45) is 0 Å². The van der Waals surface area contributed by atoms with Crippen LogP contribution in [0.3, 0.4) is 0 Å². The second-order valence-corrected chi connectivity index (χ2v) is 0.408. The van der Waals surface area contributed by atoms with Gasteiger partial charge in [0.1, 0.15) is 0 Å². The molecular formula is C2H6BLi. The second kappa shape index (κ2) is 9.39. The molecule has 0 aliphatic heterocycles. The number of hydrogen-bond acceptors (Lipinski definition) is 0. The third kappa shape index (κ3) is 16.8. The first-order valence-electron chi connectivity index (χ1n) is 1.69. The van der Waals surface area contributed by atoms with Gasteiger partial charge in [0.05, 0.1) is 0 Å². The van der Waals surface area contributed by atoms with E-state index in [4.69, 9.17) is 1.34 Å². The van der Waals surface area contributed by atoms with Crippen LogP contribution in [0.25, 0.3) is 0 Å². The fourth-order valence-corrected chi connectivity index (χ4v) is 0. The summed E-state index contributed by atoms with van der Waals surface area (Å²) in [5.74, 6) is 0. The Hall–Kier alpha value is 0.662. The largest absolute Gasteiger partial charge is 1.00 e. The molecule has 0 saturated carbocycles. The summed E-state index contributed by atoms with van der Waals surface area (Å²) in [5, 5.41) is 0. The molecule has 0 spiro atoms. The van der Waals surface area contributed by atoms with Crippen LogP contribution in [0.4, 0.5) is 0 Å². The van der Waals surface area contributed by atoms with Gasteiger partial charge in [0.15, 0.2) is 0 Å². The smallest absolute Gasteiger partial charge is 0.359 e. The number of hydrogen-bond donors (Lipinski definition) is 0. The standard InChI is InChI=1S/C2H6B.Li/c1-2-3;/h3H,2H2,1H3;/q-1;+1/i3D;. The maximum absolute atomic E-state index is 6.33. The molecule has 2 radical (unpaired) electrons. The van der Waals surface area contributed by atoms with E-state index < -0.39 is 0 Å². The second-order valence-electron chi connectivity index (χ2n) is 0.408. The van der Waals surface area contributed by atoms with Gasteiger partial charge in [-0.15, -0.1) is 6.92 Å². The number of rotatable bonds is 1. The van der Waals surface area contributed by atoms with Crippen molar-refractivity contribution in [2.75, 3.05) is 0 Å². The molecular weight excluding hydrogens is 41.8 g/mol. The first-order chi connectivity index (χ1) is 1.91. The predicted molar refractivity (Wildman–Crippen MR) is 17.6 cm³/mol. The summed E-state index contributed by atoms with van der Waals surface area (Å²) >= 11 is 0. The molecule has 0 aliphatic rings. The van der Waals surface area contributed by atoms with Crippen LogP contribution in [0.5, 0.6) is 0 Å². The first kappa shape index (κ1) is 4.66. The maximum atomic E-state index is 6.33. The molecule has 0 aromatic heterocycles. The Morgan fingerprint density at radius 3 is 2.50 bits per heavy atom. The van der Waals surface area contributed by atoms with E-state index in [0.717, 1.165) is 6.32 Å². The van der Waals surface area contributed by atoms with Crippen molar-refractivity contribution in [3.63, 3.8) is 0 Å². The van der Waals surface area contributed by atoms with E-state index in [2.05, 4.69) is 0 Å². The van der Waals surface area contributed by atoms with Crippen LogP contribution in [-0.2, 0) is 0 Å². The van der Waals surface area contributed by atoms with Crippen LogP contribution < -0.4 is 18.9 Å². The van der Waals surface area contributed by atoms with Gasteiger partial charge in [0.25, 0.3) is 0 Å². The predicted octanol–water partition coefficient (Wildman–Crippen LogP) is -2.67. The van der Waals surface area contributed by atoms with Crippen LogP contribution in [0.1, 0.15) is 6.92 Å². The molecule has 0 fully saturated rings. The Labute approximate surface area is 41.9 Å². The molecule has 0 aliphatic carbocycles. The Kier molecular flexibility index (Phi) is 10.9. The minimum atomic E-state index is 0. The molecule has 18 valence electrons. The Balaban J connectivity index is 0. The van der Waals surface area contributed by atoms with Gasteiger partial charge in [0.2, 0.25) is 0 Å². The van der Waals surface area contributed by atoms with Crippen molar-refractivity contribution in [3.8, 4) is 0 Å². The summed E-state index contributed by atoms with van der Waals surface area (Å²) in [6.07, 6.45) is 0.861. The fraction of sp³-hybridized carbons (Fsp3) is 1.00. The van der Waals surface area contributed by atoms with Gasteiger partial charge >= 0.3 is 18.9 Å². The van der Waals surface area contributed by atoms with Gasteiger partial charge in [-0.25, -0.2) is 6.32 Å². The summed E-state index contributed by atoms with van der Waals surface area (Å²) in [7, 11) is 1.38. The zero-order valence-corrected chi connectivity index (χ0v) is 3.28. The van der Waals surface area contributed by atoms with Gasteiger partial charge < -0.3 is 9.15 Å². The summed E-state index contributed by atoms with van der Waals surface area (Å²) in [4.78, 5) is 0. The summed E-state index contributed by atoms with van der Waals surface area (Å²) in [5.41, 5.74) is 0. The normalized spacial score (nSPS) is 7.75. The van der Waals surface area contributed by atoms with Crippen LogP contribution >= 0.6 is 0 Å². The SMILES string of the molecule is [2H][B-]CC.[Li+]. The Morgan fingerprint density at radius 2 is 2.50 bits per heavy atom. The minimum absolute atomic E-state index is 0. The van der Waals surface area contributed by atoms with E-state index in [9.17, 15) is 0 Å². The molecule has 0 aromatic carbocycles. The summed E-state index contributed by atoms with van der Waals surface area (Å²) in [6.45, 7) is 1.94. The van der Waals surface area contributed by atoms with Crippen molar-refractivity contribution in [1.29, 1.82) is 1.34 Å². The van der Waals surface area contributed by atoms with Gasteiger partial charge in [-0.2, -0.15) is 0 Å². The minimum Gasteiger partial charge on any atom is -0.359 e. The van der Waals surface area contributed by atoms with Gasteiger partial charge in [-0.1, -0.05) is 0 Å². The van der Waals surface area contributed by atoms with Gasteiger partial charge in [0, 0.05) is 0 Å². The molecule has 0 saturated heterocycles. The molecule has 0 nitrogen and oxygen atoms in total. The van der Waals surface area contributed by atoms with Gasteiger partial charge in [-0.3, -0.25) is 0 Å². The molecule has 0 heterocycles. The monoisotopic (exact) mass is 49.1 g/mol. The zero-order valence-electron chi connectivity index (χ0n) is 4.28. The summed E-state index contributed by atoms with van der Waals surface area (Å²) in [6, 6.07) is 0.